The molecule has 168 valence electrons. The molecule has 1 aromatic heterocycles. The second-order valence-electron chi connectivity index (χ2n) is 7.13. The lowest BCUT2D eigenvalue weighted by atomic mass is 10.1. The molecule has 11 heteroatoms. The smallest absolute Gasteiger partial charge is 0.331 e. The molecule has 0 unspecified atom stereocenters. The van der Waals surface area contributed by atoms with E-state index in [1.54, 1.807) is 19.1 Å². The fourth-order valence-corrected chi connectivity index (χ4v) is 3.01. The van der Waals surface area contributed by atoms with Crippen LogP contribution in [0.25, 0.3) is 5.69 Å². The van der Waals surface area contributed by atoms with Crippen LogP contribution in [0.5, 0.6) is 0 Å². The largest absolute Gasteiger partial charge is 0.435 e. The van der Waals surface area contributed by atoms with Crippen LogP contribution in [0.15, 0.2) is 42.5 Å². The molecule has 3 rings (SSSR count). The van der Waals surface area contributed by atoms with Gasteiger partial charge in [-0.05, 0) is 49.2 Å². The molecule has 0 atom stereocenters. The van der Waals surface area contributed by atoms with Crippen molar-refractivity contribution < 1.29 is 27.2 Å². The summed E-state index contributed by atoms with van der Waals surface area (Å²) in [6.07, 6.45) is -5.01. The topological polar surface area (TPSA) is 80.1 Å². The summed E-state index contributed by atoms with van der Waals surface area (Å²) in [5.74, 6) is -2.53. The second kappa shape index (κ2) is 8.77. The van der Waals surface area contributed by atoms with E-state index in [-0.39, 0.29) is 5.69 Å². The third-order valence-corrected chi connectivity index (χ3v) is 4.80. The van der Waals surface area contributed by atoms with Crippen LogP contribution in [-0.4, -0.2) is 45.3 Å². The van der Waals surface area contributed by atoms with Gasteiger partial charge in [-0.1, -0.05) is 23.4 Å². The third kappa shape index (κ3) is 4.76. The molecule has 0 radical (unpaired) electrons. The lowest BCUT2D eigenvalue weighted by Gasteiger charge is -2.18. The maximum Gasteiger partial charge on any atom is 0.435 e. The first-order valence-electron chi connectivity index (χ1n) is 9.39. The molecular formula is C21H19F4N5O2. The van der Waals surface area contributed by atoms with Crippen molar-refractivity contribution in [2.45, 2.75) is 20.0 Å². The van der Waals surface area contributed by atoms with E-state index in [0.29, 0.717) is 10.4 Å². The van der Waals surface area contributed by atoms with Crippen molar-refractivity contribution in [3.8, 4) is 5.69 Å². The molecule has 0 fully saturated rings. The normalized spacial score (nSPS) is 11.3. The maximum atomic E-state index is 13.7. The van der Waals surface area contributed by atoms with Crippen LogP contribution in [0.3, 0.4) is 0 Å². The Kier molecular flexibility index (Phi) is 6.28. The van der Waals surface area contributed by atoms with Gasteiger partial charge in [0.25, 0.3) is 5.91 Å². The Morgan fingerprint density at radius 1 is 1.12 bits per heavy atom. The summed E-state index contributed by atoms with van der Waals surface area (Å²) >= 11 is 0. The van der Waals surface area contributed by atoms with E-state index in [1.807, 2.05) is 13.0 Å². The van der Waals surface area contributed by atoms with Crippen molar-refractivity contribution in [1.29, 1.82) is 0 Å². The van der Waals surface area contributed by atoms with E-state index in [2.05, 4.69) is 15.6 Å². The van der Waals surface area contributed by atoms with Crippen LogP contribution in [-0.2, 0) is 11.0 Å². The molecular weight excluding hydrogens is 430 g/mol. The molecule has 1 heterocycles. The van der Waals surface area contributed by atoms with Gasteiger partial charge in [-0.15, -0.1) is 5.10 Å². The van der Waals surface area contributed by atoms with Gasteiger partial charge in [0.2, 0.25) is 5.91 Å². The molecule has 2 amide bonds. The minimum absolute atomic E-state index is 0.251. The van der Waals surface area contributed by atoms with Crippen molar-refractivity contribution >= 4 is 17.5 Å². The van der Waals surface area contributed by atoms with E-state index < -0.39 is 41.7 Å². The highest BCUT2D eigenvalue weighted by molar-refractivity contribution is 5.99. The number of benzene rings is 2. The quantitative estimate of drug-likeness (QED) is 0.602. The first-order chi connectivity index (χ1) is 15.0. The average Bonchev–Trinajstić information content (AvgIpc) is 3.16. The number of rotatable bonds is 5. The maximum absolute atomic E-state index is 13.7. The van der Waals surface area contributed by atoms with Crippen molar-refractivity contribution in [2.75, 3.05) is 18.9 Å². The number of nitrogens with one attached hydrogen (secondary N) is 1. The van der Waals surface area contributed by atoms with E-state index in [1.165, 1.54) is 19.2 Å². The Morgan fingerprint density at radius 3 is 2.47 bits per heavy atom. The summed E-state index contributed by atoms with van der Waals surface area (Å²) in [7, 11) is 1.17. The Morgan fingerprint density at radius 2 is 1.81 bits per heavy atom. The highest BCUT2D eigenvalue weighted by Gasteiger charge is 2.42. The number of nitrogens with zero attached hydrogens (tertiary/aromatic N) is 4. The Bertz CT molecular complexity index is 1170. The first-order valence-corrected chi connectivity index (χ1v) is 9.39. The molecule has 2 aromatic carbocycles. The number of hydrogen-bond donors (Lipinski definition) is 1. The minimum atomic E-state index is -5.01. The number of halogens is 4. The van der Waals surface area contributed by atoms with E-state index in [0.717, 1.165) is 28.2 Å². The Hall–Kier alpha value is -3.76. The molecule has 0 spiro atoms. The second-order valence-corrected chi connectivity index (χ2v) is 7.13. The van der Waals surface area contributed by atoms with Gasteiger partial charge in [-0.3, -0.25) is 9.59 Å². The summed E-state index contributed by atoms with van der Waals surface area (Å²) in [4.78, 5) is 25.8. The van der Waals surface area contributed by atoms with Gasteiger partial charge < -0.3 is 10.2 Å². The summed E-state index contributed by atoms with van der Waals surface area (Å²) in [6.45, 7) is 3.15. The average molecular weight is 449 g/mol. The molecule has 1 N–H and O–H groups in total. The Labute approximate surface area is 180 Å². The van der Waals surface area contributed by atoms with Gasteiger partial charge in [-0.25, -0.2) is 9.07 Å². The van der Waals surface area contributed by atoms with Crippen LogP contribution in [0.1, 0.15) is 27.3 Å². The van der Waals surface area contributed by atoms with Gasteiger partial charge in [-0.2, -0.15) is 13.2 Å². The zero-order valence-corrected chi connectivity index (χ0v) is 17.4. The van der Waals surface area contributed by atoms with Crippen LogP contribution < -0.4 is 5.32 Å². The number of hydrogen-bond acceptors (Lipinski definition) is 4. The summed E-state index contributed by atoms with van der Waals surface area (Å²) in [6, 6.07) is 9.57. The molecule has 0 saturated carbocycles. The van der Waals surface area contributed by atoms with Gasteiger partial charge in [0, 0.05) is 12.7 Å². The molecule has 0 aliphatic heterocycles. The van der Waals surface area contributed by atoms with Crippen molar-refractivity contribution in [1.82, 2.24) is 19.9 Å². The highest BCUT2D eigenvalue weighted by atomic mass is 19.4. The standard InChI is InChI=1S/C21H19F4N5O2/c1-12-6-4-9-16(13(12)2)26-17(31)11-29(3)20(32)18-19(21(23,24)25)30(28-27-18)15-8-5-7-14(22)10-15/h4-10H,11H2,1-3H3,(H,26,31). The zero-order chi connectivity index (χ0) is 23.6. The van der Waals surface area contributed by atoms with Gasteiger partial charge in [0.15, 0.2) is 11.4 Å². The fraction of sp³-hybridized carbons (Fsp3) is 0.238. The van der Waals surface area contributed by atoms with Crippen LogP contribution in [0, 0.1) is 19.7 Å². The monoisotopic (exact) mass is 449 g/mol. The first kappa shape index (κ1) is 22.9. The summed E-state index contributed by atoms with van der Waals surface area (Å²) in [5, 5.41) is 9.40. The summed E-state index contributed by atoms with van der Waals surface area (Å²) < 4.78 is 55.1. The van der Waals surface area contributed by atoms with Gasteiger partial charge in [0.1, 0.15) is 5.82 Å². The molecule has 7 nitrogen and oxygen atoms in total. The lowest BCUT2D eigenvalue weighted by molar-refractivity contribution is -0.143. The predicted octanol–water partition coefficient (Wildman–Crippen LogP) is 3.75. The SMILES string of the molecule is Cc1cccc(NC(=O)CN(C)C(=O)c2nnn(-c3cccc(F)c3)c2C(F)(F)F)c1C. The number of alkyl halides is 3. The number of carbonyl (C=O) groups is 2. The summed E-state index contributed by atoms with van der Waals surface area (Å²) in [5.41, 5.74) is -0.412. The number of carbonyl (C=O) groups excluding carboxylic acids is 2. The van der Waals surface area contributed by atoms with Crippen LogP contribution in [0.2, 0.25) is 0 Å². The highest BCUT2D eigenvalue weighted by Crippen LogP contribution is 2.33. The van der Waals surface area contributed by atoms with Crippen LogP contribution in [0.4, 0.5) is 23.2 Å². The Balaban J connectivity index is 1.85. The molecule has 32 heavy (non-hydrogen) atoms. The van der Waals surface area contributed by atoms with Crippen molar-refractivity contribution in [2.24, 2.45) is 0 Å². The van der Waals surface area contributed by atoms with E-state index in [9.17, 15) is 27.2 Å². The zero-order valence-electron chi connectivity index (χ0n) is 17.4. The van der Waals surface area contributed by atoms with E-state index >= 15 is 0 Å². The van der Waals surface area contributed by atoms with Crippen molar-refractivity contribution in [3.63, 3.8) is 0 Å². The molecule has 0 aliphatic rings. The molecule has 0 saturated heterocycles. The van der Waals surface area contributed by atoms with Gasteiger partial charge in [0.05, 0.1) is 12.2 Å². The molecule has 3 aromatic rings. The number of amides is 2. The number of anilines is 1. The molecule has 0 aliphatic carbocycles. The van der Waals surface area contributed by atoms with Crippen molar-refractivity contribution in [3.05, 3.63) is 70.8 Å². The van der Waals surface area contributed by atoms with E-state index in [4.69, 9.17) is 0 Å². The number of likely N-dealkylation sites (N-methyl/N-ethyl adjacent to an activating group) is 1. The minimum Gasteiger partial charge on any atom is -0.331 e. The fourth-order valence-electron chi connectivity index (χ4n) is 3.01. The van der Waals surface area contributed by atoms with Crippen LogP contribution >= 0.6 is 0 Å². The molecule has 0 bridgehead atoms. The lowest BCUT2D eigenvalue weighted by Crippen LogP contribution is -2.36. The predicted molar refractivity (Wildman–Crippen MR) is 108 cm³/mol. The third-order valence-electron chi connectivity index (χ3n) is 4.80. The number of aryl methyl sites for hydroxylation is 1. The number of aromatic nitrogens is 3. The van der Waals surface area contributed by atoms with Gasteiger partial charge >= 0.3 is 6.18 Å².